The maximum Gasteiger partial charge on any atom is 0.220 e. The summed E-state index contributed by atoms with van der Waals surface area (Å²) in [6, 6.07) is 5.99. The van der Waals surface area contributed by atoms with Crippen molar-refractivity contribution in [2.75, 3.05) is 0 Å². The van der Waals surface area contributed by atoms with Gasteiger partial charge in [0, 0.05) is 18.3 Å². The summed E-state index contributed by atoms with van der Waals surface area (Å²) in [5, 5.41) is 2.90. The highest BCUT2D eigenvalue weighted by atomic mass is 16.1. The lowest BCUT2D eigenvalue weighted by Gasteiger charge is -2.04. The first-order valence-corrected chi connectivity index (χ1v) is 6.26. The molecular weight excluding hydrogens is 226 g/mol. The Morgan fingerprint density at radius 3 is 2.89 bits per heavy atom. The Bertz CT molecular complexity index is 557. The third-order valence-electron chi connectivity index (χ3n) is 2.81. The van der Waals surface area contributed by atoms with Crippen molar-refractivity contribution in [3.05, 3.63) is 35.8 Å². The molecule has 1 N–H and O–H groups in total. The number of hydrogen-bond donors (Lipinski definition) is 1. The highest BCUT2D eigenvalue weighted by molar-refractivity contribution is 5.76. The number of amides is 1. The lowest BCUT2D eigenvalue weighted by molar-refractivity contribution is -0.121. The van der Waals surface area contributed by atoms with E-state index in [1.807, 2.05) is 49.6 Å². The van der Waals surface area contributed by atoms with Crippen LogP contribution in [0.4, 0.5) is 0 Å². The smallest absolute Gasteiger partial charge is 0.220 e. The first-order valence-electron chi connectivity index (χ1n) is 6.26. The highest BCUT2D eigenvalue weighted by Crippen LogP contribution is 2.08. The molecule has 0 aliphatic rings. The second-order valence-electron chi connectivity index (χ2n) is 5.00. The second kappa shape index (κ2) is 5.21. The van der Waals surface area contributed by atoms with Crippen molar-refractivity contribution >= 4 is 11.6 Å². The monoisotopic (exact) mass is 245 g/mol. The van der Waals surface area contributed by atoms with Crippen LogP contribution in [0.1, 0.15) is 31.7 Å². The van der Waals surface area contributed by atoms with E-state index < -0.39 is 0 Å². The van der Waals surface area contributed by atoms with Crippen molar-refractivity contribution < 1.29 is 4.79 Å². The maximum atomic E-state index is 11.6. The summed E-state index contributed by atoms with van der Waals surface area (Å²) in [6.45, 7) is 6.60. The molecule has 2 aromatic heterocycles. The second-order valence-corrected chi connectivity index (χ2v) is 5.00. The van der Waals surface area contributed by atoms with E-state index in [1.54, 1.807) is 0 Å². The van der Waals surface area contributed by atoms with Gasteiger partial charge in [-0.15, -0.1) is 0 Å². The van der Waals surface area contributed by atoms with E-state index in [0.717, 1.165) is 17.0 Å². The van der Waals surface area contributed by atoms with E-state index in [2.05, 4.69) is 10.3 Å². The number of pyridine rings is 1. The maximum absolute atomic E-state index is 11.6. The number of carbonyl (C=O) groups is 1. The van der Waals surface area contributed by atoms with Crippen LogP contribution < -0.4 is 5.32 Å². The molecule has 0 unspecified atom stereocenters. The standard InChI is InChI=1S/C14H19N3O/c1-10(2)7-14(18)15-8-12-9-17-11(3)5-4-6-13(17)16-12/h4-6,9-10H,7-8H2,1-3H3,(H,15,18). The van der Waals surface area contributed by atoms with Gasteiger partial charge in [-0.3, -0.25) is 4.79 Å². The Hall–Kier alpha value is -1.84. The summed E-state index contributed by atoms with van der Waals surface area (Å²) in [4.78, 5) is 16.0. The lowest BCUT2D eigenvalue weighted by Crippen LogP contribution is -2.24. The molecule has 0 aliphatic heterocycles. The SMILES string of the molecule is Cc1cccc2nc(CNC(=O)CC(C)C)cn12. The molecule has 0 atom stereocenters. The summed E-state index contributed by atoms with van der Waals surface area (Å²) >= 11 is 0. The Balaban J connectivity index is 2.04. The fourth-order valence-electron chi connectivity index (χ4n) is 1.92. The first kappa shape index (κ1) is 12.6. The van der Waals surface area contributed by atoms with Crippen molar-refractivity contribution in [1.29, 1.82) is 0 Å². The average molecular weight is 245 g/mol. The fraction of sp³-hybridized carbons (Fsp3) is 0.429. The molecule has 2 rings (SSSR count). The van der Waals surface area contributed by atoms with Crippen molar-refractivity contribution in [1.82, 2.24) is 14.7 Å². The zero-order chi connectivity index (χ0) is 13.1. The average Bonchev–Trinajstić information content (AvgIpc) is 2.70. The molecule has 0 radical (unpaired) electrons. The van der Waals surface area contributed by atoms with Crippen LogP contribution in [0.2, 0.25) is 0 Å². The van der Waals surface area contributed by atoms with Crippen LogP contribution in [0, 0.1) is 12.8 Å². The van der Waals surface area contributed by atoms with Crippen LogP contribution in [-0.2, 0) is 11.3 Å². The molecule has 2 aromatic rings. The molecule has 0 aliphatic carbocycles. The number of aromatic nitrogens is 2. The van der Waals surface area contributed by atoms with Gasteiger partial charge in [-0.25, -0.2) is 4.98 Å². The number of nitrogens with zero attached hydrogens (tertiary/aromatic N) is 2. The van der Waals surface area contributed by atoms with Gasteiger partial charge in [0.2, 0.25) is 5.91 Å². The van der Waals surface area contributed by atoms with Crippen LogP contribution in [0.5, 0.6) is 0 Å². The number of fused-ring (bicyclic) bond motifs is 1. The summed E-state index contributed by atoms with van der Waals surface area (Å²) < 4.78 is 2.03. The van der Waals surface area contributed by atoms with Crippen molar-refractivity contribution in [3.8, 4) is 0 Å². The highest BCUT2D eigenvalue weighted by Gasteiger charge is 2.07. The van der Waals surface area contributed by atoms with Crippen molar-refractivity contribution in [2.45, 2.75) is 33.7 Å². The van der Waals surface area contributed by atoms with Gasteiger partial charge in [0.1, 0.15) is 5.65 Å². The third-order valence-corrected chi connectivity index (χ3v) is 2.81. The van der Waals surface area contributed by atoms with Crippen molar-refractivity contribution in [3.63, 3.8) is 0 Å². The summed E-state index contributed by atoms with van der Waals surface area (Å²) in [6.07, 6.45) is 2.53. The third kappa shape index (κ3) is 2.88. The molecule has 18 heavy (non-hydrogen) atoms. The molecule has 1 amide bonds. The van der Waals surface area contributed by atoms with E-state index in [-0.39, 0.29) is 5.91 Å². The summed E-state index contributed by atoms with van der Waals surface area (Å²) in [7, 11) is 0. The van der Waals surface area contributed by atoms with Crippen LogP contribution in [0.3, 0.4) is 0 Å². The van der Waals surface area contributed by atoms with E-state index in [9.17, 15) is 4.79 Å². The molecule has 0 spiro atoms. The number of imidazole rings is 1. The molecule has 0 saturated carbocycles. The van der Waals surface area contributed by atoms with Gasteiger partial charge in [-0.1, -0.05) is 19.9 Å². The zero-order valence-electron chi connectivity index (χ0n) is 11.1. The Kier molecular flexibility index (Phi) is 3.65. The number of carbonyl (C=O) groups excluding carboxylic acids is 1. The topological polar surface area (TPSA) is 46.4 Å². The first-order chi connectivity index (χ1) is 8.56. The Labute approximate surface area is 107 Å². The van der Waals surface area contributed by atoms with Gasteiger partial charge >= 0.3 is 0 Å². The number of nitrogens with one attached hydrogen (secondary N) is 1. The quantitative estimate of drug-likeness (QED) is 0.898. The fourth-order valence-corrected chi connectivity index (χ4v) is 1.92. The molecule has 0 aromatic carbocycles. The van der Waals surface area contributed by atoms with E-state index in [0.29, 0.717) is 18.9 Å². The van der Waals surface area contributed by atoms with Gasteiger partial charge < -0.3 is 9.72 Å². The molecule has 4 heteroatoms. The predicted octanol–water partition coefficient (Wildman–Crippen LogP) is 2.31. The molecule has 2 heterocycles. The van der Waals surface area contributed by atoms with Crippen LogP contribution in [-0.4, -0.2) is 15.3 Å². The number of aryl methyl sites for hydroxylation is 1. The molecule has 96 valence electrons. The molecule has 0 saturated heterocycles. The molecule has 4 nitrogen and oxygen atoms in total. The van der Waals surface area contributed by atoms with E-state index >= 15 is 0 Å². The number of rotatable bonds is 4. The molecule has 0 fully saturated rings. The van der Waals surface area contributed by atoms with Crippen molar-refractivity contribution in [2.24, 2.45) is 5.92 Å². The molecular formula is C14H19N3O. The summed E-state index contributed by atoms with van der Waals surface area (Å²) in [5.41, 5.74) is 2.95. The molecule has 0 bridgehead atoms. The van der Waals surface area contributed by atoms with Gasteiger partial charge in [0.05, 0.1) is 12.2 Å². The van der Waals surface area contributed by atoms with Gasteiger partial charge in [0.15, 0.2) is 0 Å². The lowest BCUT2D eigenvalue weighted by atomic mass is 10.1. The number of hydrogen-bond acceptors (Lipinski definition) is 2. The minimum Gasteiger partial charge on any atom is -0.350 e. The van der Waals surface area contributed by atoms with Crippen LogP contribution in [0.25, 0.3) is 5.65 Å². The van der Waals surface area contributed by atoms with Gasteiger partial charge in [0.25, 0.3) is 0 Å². The normalized spacial score (nSPS) is 11.1. The summed E-state index contributed by atoms with van der Waals surface area (Å²) in [5.74, 6) is 0.465. The van der Waals surface area contributed by atoms with E-state index in [1.165, 1.54) is 0 Å². The predicted molar refractivity (Wildman–Crippen MR) is 71.2 cm³/mol. The minimum atomic E-state index is 0.0822. The van der Waals surface area contributed by atoms with Crippen LogP contribution >= 0.6 is 0 Å². The Morgan fingerprint density at radius 2 is 2.22 bits per heavy atom. The van der Waals surface area contributed by atoms with Crippen LogP contribution in [0.15, 0.2) is 24.4 Å². The largest absolute Gasteiger partial charge is 0.350 e. The zero-order valence-corrected chi connectivity index (χ0v) is 11.1. The minimum absolute atomic E-state index is 0.0822. The van der Waals surface area contributed by atoms with Gasteiger partial charge in [-0.2, -0.15) is 0 Å². The Morgan fingerprint density at radius 1 is 1.44 bits per heavy atom. The van der Waals surface area contributed by atoms with E-state index in [4.69, 9.17) is 0 Å². The van der Waals surface area contributed by atoms with Gasteiger partial charge in [-0.05, 0) is 25.0 Å².